The Hall–Kier alpha value is -3.22. The zero-order chi connectivity index (χ0) is 17.3. The molecule has 0 unspecified atom stereocenters. The lowest BCUT2D eigenvalue weighted by Crippen LogP contribution is -2.25. The number of nitrogens with zero attached hydrogens (tertiary/aromatic N) is 2. The lowest BCUT2D eigenvalue weighted by atomic mass is 10.1. The number of anilines is 2. The van der Waals surface area contributed by atoms with Gasteiger partial charge in [-0.2, -0.15) is 0 Å². The number of nitrogens with one attached hydrogen (secondary N) is 1. The number of para-hydroxylation sites is 1. The van der Waals surface area contributed by atoms with Gasteiger partial charge in [0.1, 0.15) is 5.56 Å². The largest absolute Gasteiger partial charge is 0.322 e. The lowest BCUT2D eigenvalue weighted by Gasteiger charge is -2.15. The first-order valence-corrected chi connectivity index (χ1v) is 7.43. The van der Waals surface area contributed by atoms with E-state index in [2.05, 4.69) is 5.32 Å². The van der Waals surface area contributed by atoms with Crippen LogP contribution in [-0.2, 0) is 11.2 Å². The van der Waals surface area contributed by atoms with Crippen LogP contribution in [0, 0.1) is 10.1 Å². The van der Waals surface area contributed by atoms with Crippen molar-refractivity contribution in [1.29, 1.82) is 0 Å². The van der Waals surface area contributed by atoms with Crippen molar-refractivity contribution < 1.29 is 14.5 Å². The third kappa shape index (κ3) is 2.83. The smallest absolute Gasteiger partial charge is 0.282 e. The zero-order valence-electron chi connectivity index (χ0n) is 13.0. The summed E-state index contributed by atoms with van der Waals surface area (Å²) in [5, 5.41) is 13.7. The van der Waals surface area contributed by atoms with Gasteiger partial charge in [-0.1, -0.05) is 12.1 Å². The number of amides is 2. The van der Waals surface area contributed by atoms with Crippen LogP contribution >= 0.6 is 0 Å². The van der Waals surface area contributed by atoms with Crippen molar-refractivity contribution in [1.82, 2.24) is 0 Å². The normalized spacial score (nSPS) is 12.6. The Balaban J connectivity index is 1.84. The number of carbonyl (C=O) groups excluding carboxylic acids is 2. The van der Waals surface area contributed by atoms with Gasteiger partial charge in [-0.15, -0.1) is 0 Å². The second kappa shape index (κ2) is 6.11. The summed E-state index contributed by atoms with van der Waals surface area (Å²) in [5.74, 6) is -0.561. The van der Waals surface area contributed by atoms with E-state index in [1.807, 2.05) is 0 Å². The molecular formula is C17H15N3O4. The van der Waals surface area contributed by atoms with Crippen LogP contribution in [0.2, 0.25) is 0 Å². The number of hydrogen-bond donors (Lipinski definition) is 1. The SMILES string of the molecule is CC(=O)N1CCc2cc(NC(=O)c3ccccc3[N+](=O)[O-])ccc21. The molecule has 0 saturated heterocycles. The Morgan fingerprint density at radius 2 is 1.96 bits per heavy atom. The minimum atomic E-state index is -0.581. The second-order valence-electron chi connectivity index (χ2n) is 5.49. The number of nitro groups is 1. The zero-order valence-corrected chi connectivity index (χ0v) is 13.0. The number of benzene rings is 2. The molecule has 2 aromatic rings. The fraction of sp³-hybridized carbons (Fsp3) is 0.176. The van der Waals surface area contributed by atoms with Crippen molar-refractivity contribution in [3.8, 4) is 0 Å². The summed E-state index contributed by atoms with van der Waals surface area (Å²) in [5.41, 5.74) is 2.12. The van der Waals surface area contributed by atoms with Crippen LogP contribution in [0.25, 0.3) is 0 Å². The molecule has 122 valence electrons. The molecule has 3 rings (SSSR count). The summed E-state index contributed by atoms with van der Waals surface area (Å²) in [7, 11) is 0. The Labute approximate surface area is 138 Å². The van der Waals surface area contributed by atoms with Crippen molar-refractivity contribution in [3.05, 3.63) is 63.7 Å². The van der Waals surface area contributed by atoms with Gasteiger partial charge in [0.2, 0.25) is 5.91 Å². The van der Waals surface area contributed by atoms with Gasteiger partial charge in [-0.3, -0.25) is 19.7 Å². The van der Waals surface area contributed by atoms with Gasteiger partial charge in [0, 0.05) is 30.9 Å². The van der Waals surface area contributed by atoms with Gasteiger partial charge in [0.15, 0.2) is 0 Å². The molecule has 0 aromatic heterocycles. The van der Waals surface area contributed by atoms with Crippen molar-refractivity contribution in [2.24, 2.45) is 0 Å². The maximum atomic E-state index is 12.3. The topological polar surface area (TPSA) is 92.6 Å². The summed E-state index contributed by atoms with van der Waals surface area (Å²) in [6.07, 6.45) is 0.712. The van der Waals surface area contributed by atoms with E-state index in [9.17, 15) is 19.7 Å². The highest BCUT2D eigenvalue weighted by Crippen LogP contribution is 2.31. The second-order valence-corrected chi connectivity index (χ2v) is 5.49. The van der Waals surface area contributed by atoms with Crippen molar-refractivity contribution in [2.45, 2.75) is 13.3 Å². The number of carbonyl (C=O) groups is 2. The Bertz CT molecular complexity index is 847. The number of rotatable bonds is 3. The fourth-order valence-corrected chi connectivity index (χ4v) is 2.83. The van der Waals surface area contributed by atoms with E-state index >= 15 is 0 Å². The maximum absolute atomic E-state index is 12.3. The Kier molecular flexibility index (Phi) is 3.99. The van der Waals surface area contributed by atoms with E-state index in [0.29, 0.717) is 18.7 Å². The third-order valence-corrected chi connectivity index (χ3v) is 3.96. The minimum absolute atomic E-state index is 0.00774. The van der Waals surface area contributed by atoms with Gasteiger partial charge < -0.3 is 10.2 Å². The van der Waals surface area contributed by atoms with Gasteiger partial charge in [0.05, 0.1) is 4.92 Å². The predicted molar refractivity (Wildman–Crippen MR) is 89.2 cm³/mol. The van der Waals surface area contributed by atoms with E-state index in [-0.39, 0.29) is 17.2 Å². The average molecular weight is 325 g/mol. The molecule has 0 fully saturated rings. The summed E-state index contributed by atoms with van der Waals surface area (Å²) in [6.45, 7) is 2.13. The van der Waals surface area contributed by atoms with Crippen molar-refractivity contribution in [2.75, 3.05) is 16.8 Å². The molecule has 2 aromatic carbocycles. The Morgan fingerprint density at radius 1 is 1.21 bits per heavy atom. The molecule has 0 saturated carbocycles. The quantitative estimate of drug-likeness (QED) is 0.693. The molecule has 0 radical (unpaired) electrons. The highest BCUT2D eigenvalue weighted by atomic mass is 16.6. The molecule has 7 heteroatoms. The molecule has 1 heterocycles. The molecule has 0 spiro atoms. The molecule has 24 heavy (non-hydrogen) atoms. The summed E-state index contributed by atoms with van der Waals surface area (Å²) in [4.78, 5) is 36.0. The minimum Gasteiger partial charge on any atom is -0.322 e. The number of hydrogen-bond acceptors (Lipinski definition) is 4. The van der Waals surface area contributed by atoms with Crippen molar-refractivity contribution in [3.63, 3.8) is 0 Å². The molecule has 0 atom stereocenters. The van der Waals surface area contributed by atoms with Gasteiger partial charge in [-0.25, -0.2) is 0 Å². The fourth-order valence-electron chi connectivity index (χ4n) is 2.83. The monoisotopic (exact) mass is 325 g/mol. The first kappa shape index (κ1) is 15.7. The van der Waals surface area contributed by atoms with Gasteiger partial charge >= 0.3 is 0 Å². The van der Waals surface area contributed by atoms with Crippen LogP contribution in [0.1, 0.15) is 22.8 Å². The molecule has 7 nitrogen and oxygen atoms in total. The van der Waals surface area contributed by atoms with E-state index in [1.54, 1.807) is 29.2 Å². The first-order valence-electron chi connectivity index (χ1n) is 7.43. The molecule has 0 aliphatic carbocycles. The lowest BCUT2D eigenvalue weighted by molar-refractivity contribution is -0.385. The molecule has 1 aliphatic rings. The van der Waals surface area contributed by atoms with Crippen LogP contribution in [0.4, 0.5) is 17.1 Å². The summed E-state index contributed by atoms with van der Waals surface area (Å²) in [6, 6.07) is 11.1. The van der Waals surface area contributed by atoms with Crippen LogP contribution < -0.4 is 10.2 Å². The van der Waals surface area contributed by atoms with Gasteiger partial charge in [0.25, 0.3) is 11.6 Å². The summed E-state index contributed by atoms with van der Waals surface area (Å²) < 4.78 is 0. The Morgan fingerprint density at radius 3 is 2.67 bits per heavy atom. The first-order chi connectivity index (χ1) is 11.5. The predicted octanol–water partition coefficient (Wildman–Crippen LogP) is 2.76. The van der Waals surface area contributed by atoms with Gasteiger partial charge in [-0.05, 0) is 36.2 Å². The average Bonchev–Trinajstić information content (AvgIpc) is 2.98. The number of nitro benzene ring substituents is 1. The molecule has 2 amide bonds. The van der Waals surface area contributed by atoms with E-state index in [4.69, 9.17) is 0 Å². The summed E-state index contributed by atoms with van der Waals surface area (Å²) >= 11 is 0. The third-order valence-electron chi connectivity index (χ3n) is 3.96. The molecule has 0 bridgehead atoms. The highest BCUT2D eigenvalue weighted by Gasteiger charge is 2.23. The van der Waals surface area contributed by atoms with Crippen LogP contribution in [0.3, 0.4) is 0 Å². The van der Waals surface area contributed by atoms with E-state index in [0.717, 1.165) is 11.3 Å². The highest BCUT2D eigenvalue weighted by molar-refractivity contribution is 6.07. The maximum Gasteiger partial charge on any atom is 0.282 e. The van der Waals surface area contributed by atoms with E-state index in [1.165, 1.54) is 25.1 Å². The molecule has 1 N–H and O–H groups in total. The van der Waals surface area contributed by atoms with Crippen molar-refractivity contribution >= 4 is 28.9 Å². The van der Waals surface area contributed by atoms with Crippen LogP contribution in [-0.4, -0.2) is 23.3 Å². The van der Waals surface area contributed by atoms with Crippen LogP contribution in [0.15, 0.2) is 42.5 Å². The number of fused-ring (bicyclic) bond motifs is 1. The van der Waals surface area contributed by atoms with E-state index < -0.39 is 10.8 Å². The molecule has 1 aliphatic heterocycles. The van der Waals surface area contributed by atoms with Crippen LogP contribution in [0.5, 0.6) is 0 Å². The standard InChI is InChI=1S/C17H15N3O4/c1-11(21)19-9-8-12-10-13(6-7-15(12)19)18-17(22)14-4-2-3-5-16(14)20(23)24/h2-7,10H,8-9H2,1H3,(H,18,22). The molecular weight excluding hydrogens is 310 g/mol.